The second-order valence-electron chi connectivity index (χ2n) is 7.23. The molecule has 1 unspecified atom stereocenters. The Morgan fingerprint density at radius 2 is 1.93 bits per heavy atom. The number of nitrogens with zero attached hydrogens (tertiary/aromatic N) is 3. The number of aryl methyl sites for hydroxylation is 1. The number of aromatic nitrogens is 3. The Labute approximate surface area is 170 Å². The molecule has 152 valence electrons. The van der Waals surface area contributed by atoms with Crippen molar-refractivity contribution in [1.29, 1.82) is 0 Å². The standard InChI is InChI=1S/C22H18F2N4O2/c1-27-10-15(13-7-8-25-19(13)22(27)29)14-4-5-17-20(26-11-28(17)2)21(14)30-18-6-3-12(23)9-16(18)24/h3-11,22,25,29H,1-2H3. The predicted octanol–water partition coefficient (Wildman–Crippen LogP) is 4.30. The van der Waals surface area contributed by atoms with E-state index in [1.165, 1.54) is 6.07 Å². The molecular weight excluding hydrogens is 390 g/mol. The topological polar surface area (TPSA) is 66.3 Å². The Morgan fingerprint density at radius 3 is 2.73 bits per heavy atom. The molecule has 2 N–H and O–H groups in total. The summed E-state index contributed by atoms with van der Waals surface area (Å²) in [6, 6.07) is 8.82. The van der Waals surface area contributed by atoms with Gasteiger partial charge in [0.25, 0.3) is 0 Å². The first-order valence-corrected chi connectivity index (χ1v) is 9.31. The summed E-state index contributed by atoms with van der Waals surface area (Å²) >= 11 is 0. The molecule has 0 saturated heterocycles. The van der Waals surface area contributed by atoms with E-state index in [-0.39, 0.29) is 5.75 Å². The van der Waals surface area contributed by atoms with Crippen LogP contribution in [0.5, 0.6) is 11.5 Å². The number of ether oxygens (including phenoxy) is 1. The fourth-order valence-electron chi connectivity index (χ4n) is 3.75. The van der Waals surface area contributed by atoms with E-state index >= 15 is 0 Å². The summed E-state index contributed by atoms with van der Waals surface area (Å²) in [5.74, 6) is -1.24. The van der Waals surface area contributed by atoms with Gasteiger partial charge in [-0.1, -0.05) is 0 Å². The van der Waals surface area contributed by atoms with E-state index in [0.717, 1.165) is 28.8 Å². The first-order valence-electron chi connectivity index (χ1n) is 9.31. The van der Waals surface area contributed by atoms with E-state index in [1.807, 2.05) is 29.8 Å². The molecule has 3 heterocycles. The number of aliphatic hydroxyl groups excluding tert-OH is 1. The summed E-state index contributed by atoms with van der Waals surface area (Å²) in [5, 5.41) is 10.4. The van der Waals surface area contributed by atoms with Crippen molar-refractivity contribution >= 4 is 16.6 Å². The Kier molecular flexibility index (Phi) is 4.11. The molecule has 0 bridgehead atoms. The Hall–Kier alpha value is -3.65. The average Bonchev–Trinajstić information content (AvgIpc) is 3.35. The smallest absolute Gasteiger partial charge is 0.168 e. The Morgan fingerprint density at radius 1 is 1.10 bits per heavy atom. The molecule has 0 aliphatic carbocycles. The molecule has 0 spiro atoms. The first-order chi connectivity index (χ1) is 14.4. The van der Waals surface area contributed by atoms with Crippen molar-refractivity contribution in [3.8, 4) is 11.5 Å². The van der Waals surface area contributed by atoms with E-state index < -0.39 is 17.9 Å². The quantitative estimate of drug-likeness (QED) is 0.531. The highest BCUT2D eigenvalue weighted by Crippen LogP contribution is 2.43. The fraction of sp³-hybridized carbons (Fsp3) is 0.136. The van der Waals surface area contributed by atoms with Gasteiger partial charge >= 0.3 is 0 Å². The number of halogens is 2. The zero-order valence-corrected chi connectivity index (χ0v) is 16.2. The lowest BCUT2D eigenvalue weighted by molar-refractivity contribution is 0.0487. The molecule has 6 nitrogen and oxygen atoms in total. The van der Waals surface area contributed by atoms with Gasteiger partial charge < -0.3 is 24.3 Å². The molecule has 8 heteroatoms. The van der Waals surface area contributed by atoms with Crippen LogP contribution in [0, 0.1) is 11.6 Å². The molecule has 4 aromatic rings. The fourth-order valence-corrected chi connectivity index (χ4v) is 3.75. The van der Waals surface area contributed by atoms with Crippen molar-refractivity contribution in [3.63, 3.8) is 0 Å². The Balaban J connectivity index is 1.73. The second-order valence-corrected chi connectivity index (χ2v) is 7.23. The maximum absolute atomic E-state index is 14.4. The number of aliphatic hydroxyl groups is 1. The Bertz CT molecular complexity index is 1310. The van der Waals surface area contributed by atoms with Gasteiger partial charge in [0.2, 0.25) is 0 Å². The lowest BCUT2D eigenvalue weighted by atomic mass is 9.94. The molecule has 5 rings (SSSR count). The van der Waals surface area contributed by atoms with Crippen LogP contribution in [0.3, 0.4) is 0 Å². The van der Waals surface area contributed by atoms with Gasteiger partial charge in [0.15, 0.2) is 23.5 Å². The van der Waals surface area contributed by atoms with Crippen LogP contribution in [-0.4, -0.2) is 31.6 Å². The molecule has 2 aromatic carbocycles. The number of hydrogen-bond donors (Lipinski definition) is 2. The number of imidazole rings is 1. The molecule has 0 amide bonds. The average molecular weight is 408 g/mol. The molecular formula is C22H18F2N4O2. The molecule has 0 fully saturated rings. The van der Waals surface area contributed by atoms with Crippen molar-refractivity contribution in [2.45, 2.75) is 6.23 Å². The third-order valence-corrected chi connectivity index (χ3v) is 5.29. The van der Waals surface area contributed by atoms with Gasteiger partial charge in [-0.15, -0.1) is 0 Å². The lowest BCUT2D eigenvalue weighted by Crippen LogP contribution is -2.24. The summed E-state index contributed by atoms with van der Waals surface area (Å²) < 4.78 is 35.5. The molecule has 0 radical (unpaired) electrons. The summed E-state index contributed by atoms with van der Waals surface area (Å²) in [7, 11) is 3.61. The number of benzene rings is 2. The molecule has 0 saturated carbocycles. The summed E-state index contributed by atoms with van der Waals surface area (Å²) in [6.07, 6.45) is 4.39. The minimum absolute atomic E-state index is 0.102. The van der Waals surface area contributed by atoms with Crippen LogP contribution in [0.4, 0.5) is 8.78 Å². The monoisotopic (exact) mass is 408 g/mol. The van der Waals surface area contributed by atoms with Crippen molar-refractivity contribution < 1.29 is 18.6 Å². The largest absolute Gasteiger partial charge is 0.451 e. The minimum Gasteiger partial charge on any atom is -0.451 e. The number of nitrogens with one attached hydrogen (secondary N) is 1. The lowest BCUT2D eigenvalue weighted by Gasteiger charge is -2.29. The highest BCUT2D eigenvalue weighted by molar-refractivity contribution is 5.94. The van der Waals surface area contributed by atoms with E-state index in [0.29, 0.717) is 22.5 Å². The number of H-pyrrole nitrogens is 1. The molecule has 1 aliphatic heterocycles. The van der Waals surface area contributed by atoms with Gasteiger partial charge in [0, 0.05) is 49.3 Å². The maximum Gasteiger partial charge on any atom is 0.168 e. The van der Waals surface area contributed by atoms with Gasteiger partial charge in [0.1, 0.15) is 11.3 Å². The predicted molar refractivity (Wildman–Crippen MR) is 108 cm³/mol. The van der Waals surface area contributed by atoms with Crippen LogP contribution in [-0.2, 0) is 7.05 Å². The van der Waals surface area contributed by atoms with Crippen molar-refractivity contribution in [2.75, 3.05) is 7.05 Å². The van der Waals surface area contributed by atoms with Gasteiger partial charge in [-0.3, -0.25) is 0 Å². The molecule has 1 atom stereocenters. The number of hydrogen-bond acceptors (Lipinski definition) is 4. The van der Waals surface area contributed by atoms with Gasteiger partial charge in [0.05, 0.1) is 17.5 Å². The third kappa shape index (κ3) is 2.76. The molecule has 30 heavy (non-hydrogen) atoms. The summed E-state index contributed by atoms with van der Waals surface area (Å²) in [5.41, 5.74) is 4.25. The SMILES string of the molecule is CN1C=C(c2ccc3c(ncn3C)c2Oc2ccc(F)cc2F)c2cc[nH]c2C1O. The first kappa shape index (κ1) is 18.4. The summed E-state index contributed by atoms with van der Waals surface area (Å²) in [6.45, 7) is 0. The van der Waals surface area contributed by atoms with Crippen LogP contribution in [0.25, 0.3) is 16.6 Å². The van der Waals surface area contributed by atoms with Crippen molar-refractivity contribution in [1.82, 2.24) is 19.4 Å². The number of fused-ring (bicyclic) bond motifs is 2. The van der Waals surface area contributed by atoms with Crippen LogP contribution in [0.2, 0.25) is 0 Å². The van der Waals surface area contributed by atoms with Crippen LogP contribution in [0.1, 0.15) is 23.0 Å². The zero-order valence-electron chi connectivity index (χ0n) is 16.2. The zero-order chi connectivity index (χ0) is 21.0. The minimum atomic E-state index is -0.809. The third-order valence-electron chi connectivity index (χ3n) is 5.29. The van der Waals surface area contributed by atoms with Crippen molar-refractivity contribution in [3.05, 3.63) is 83.6 Å². The van der Waals surface area contributed by atoms with Gasteiger partial charge in [-0.05, 0) is 30.3 Å². The number of aromatic amines is 1. The number of rotatable bonds is 3. The maximum atomic E-state index is 14.4. The van der Waals surface area contributed by atoms with E-state index in [4.69, 9.17) is 4.74 Å². The van der Waals surface area contributed by atoms with E-state index in [2.05, 4.69) is 9.97 Å². The van der Waals surface area contributed by atoms with Crippen molar-refractivity contribution in [2.24, 2.45) is 7.05 Å². The van der Waals surface area contributed by atoms with E-state index in [9.17, 15) is 13.9 Å². The van der Waals surface area contributed by atoms with Gasteiger partial charge in [-0.25, -0.2) is 13.8 Å². The van der Waals surface area contributed by atoms with Crippen LogP contribution >= 0.6 is 0 Å². The van der Waals surface area contributed by atoms with Crippen LogP contribution < -0.4 is 4.74 Å². The normalized spacial score (nSPS) is 16.0. The highest BCUT2D eigenvalue weighted by atomic mass is 19.1. The molecule has 1 aliphatic rings. The van der Waals surface area contributed by atoms with Gasteiger partial charge in [-0.2, -0.15) is 0 Å². The second kappa shape index (κ2) is 6.70. The molecule has 2 aromatic heterocycles. The van der Waals surface area contributed by atoms with E-state index in [1.54, 1.807) is 30.7 Å². The van der Waals surface area contributed by atoms with Crippen LogP contribution in [0.15, 0.2) is 55.1 Å². The highest BCUT2D eigenvalue weighted by Gasteiger charge is 2.28. The summed E-state index contributed by atoms with van der Waals surface area (Å²) in [4.78, 5) is 9.17.